The zero-order valence-corrected chi connectivity index (χ0v) is 21.5. The van der Waals surface area contributed by atoms with Gasteiger partial charge in [0.15, 0.2) is 5.82 Å². The predicted octanol–water partition coefficient (Wildman–Crippen LogP) is 6.82. The van der Waals surface area contributed by atoms with E-state index in [2.05, 4.69) is 73.7 Å². The molecule has 4 aromatic heterocycles. The van der Waals surface area contributed by atoms with Crippen LogP contribution in [-0.2, 0) is 0 Å². The fraction of sp³-hybridized carbons (Fsp3) is 0.133. The Kier molecular flexibility index (Phi) is 6.05. The lowest BCUT2D eigenvalue weighted by Crippen LogP contribution is -2.15. The molecule has 4 heterocycles. The molecule has 0 atom stereocenters. The minimum Gasteiger partial charge on any atom is -0.375 e. The zero-order valence-electron chi connectivity index (χ0n) is 21.5. The van der Waals surface area contributed by atoms with Gasteiger partial charge in [-0.25, -0.2) is 4.98 Å². The highest BCUT2D eigenvalue weighted by Crippen LogP contribution is 2.29. The van der Waals surface area contributed by atoms with Gasteiger partial charge in [0, 0.05) is 59.8 Å². The van der Waals surface area contributed by atoms with Crippen LogP contribution in [0.4, 0.5) is 28.4 Å². The quantitative estimate of drug-likeness (QED) is 0.221. The number of H-pyrrole nitrogens is 1. The molecule has 8 nitrogen and oxygen atoms in total. The summed E-state index contributed by atoms with van der Waals surface area (Å²) in [6.07, 6.45) is 5.45. The number of pyridine rings is 3. The van der Waals surface area contributed by atoms with Gasteiger partial charge in [-0.05, 0) is 80.6 Å². The number of benzene rings is 2. The smallest absolute Gasteiger partial charge is 0.157 e. The van der Waals surface area contributed by atoms with Crippen LogP contribution < -0.4 is 15.5 Å². The fourth-order valence-electron chi connectivity index (χ4n) is 4.43. The second kappa shape index (κ2) is 9.82. The van der Waals surface area contributed by atoms with Gasteiger partial charge in [-0.15, -0.1) is 0 Å². The maximum atomic E-state index is 4.74. The average Bonchev–Trinajstić information content (AvgIpc) is 3.36. The van der Waals surface area contributed by atoms with E-state index in [1.165, 1.54) is 0 Å². The van der Waals surface area contributed by atoms with Gasteiger partial charge in [0.05, 0.1) is 28.4 Å². The van der Waals surface area contributed by atoms with E-state index >= 15 is 0 Å². The van der Waals surface area contributed by atoms with Crippen LogP contribution in [0.15, 0.2) is 85.3 Å². The van der Waals surface area contributed by atoms with Crippen LogP contribution in [0.25, 0.3) is 33.5 Å². The fourth-order valence-corrected chi connectivity index (χ4v) is 4.43. The number of hydrogen-bond acceptors (Lipinski definition) is 7. The van der Waals surface area contributed by atoms with E-state index < -0.39 is 0 Å². The first kappa shape index (κ1) is 23.4. The van der Waals surface area contributed by atoms with Gasteiger partial charge in [0.1, 0.15) is 5.69 Å². The molecule has 0 spiro atoms. The Bertz CT molecular complexity index is 1740. The summed E-state index contributed by atoms with van der Waals surface area (Å²) in [5.41, 5.74) is 9.53. The van der Waals surface area contributed by atoms with Crippen molar-refractivity contribution < 1.29 is 0 Å². The summed E-state index contributed by atoms with van der Waals surface area (Å²) in [4.78, 5) is 23.8. The highest BCUT2D eigenvalue weighted by Gasteiger charge is 2.10. The van der Waals surface area contributed by atoms with Crippen LogP contribution in [0, 0.1) is 6.92 Å². The van der Waals surface area contributed by atoms with Crippen molar-refractivity contribution >= 4 is 50.4 Å². The van der Waals surface area contributed by atoms with Gasteiger partial charge in [0.25, 0.3) is 0 Å². The number of imidazole rings is 1. The van der Waals surface area contributed by atoms with Crippen molar-refractivity contribution in [3.8, 4) is 11.5 Å². The first-order valence-corrected chi connectivity index (χ1v) is 12.6. The number of anilines is 5. The highest BCUT2D eigenvalue weighted by atomic mass is 15.1. The number of aryl methyl sites for hydroxylation is 1. The van der Waals surface area contributed by atoms with Gasteiger partial charge in [-0.3, -0.25) is 15.0 Å². The maximum Gasteiger partial charge on any atom is 0.157 e. The first-order chi connectivity index (χ1) is 18.6. The molecule has 0 saturated carbocycles. The molecule has 0 aliphatic carbocycles. The number of aromatic amines is 1. The summed E-state index contributed by atoms with van der Waals surface area (Å²) in [6, 6.07) is 22.3. The number of rotatable bonds is 7. The Balaban J connectivity index is 1.23. The molecule has 8 heteroatoms. The van der Waals surface area contributed by atoms with E-state index in [1.807, 2.05) is 61.8 Å². The van der Waals surface area contributed by atoms with Crippen molar-refractivity contribution in [3.63, 3.8) is 0 Å². The third kappa shape index (κ3) is 4.71. The summed E-state index contributed by atoms with van der Waals surface area (Å²) in [7, 11) is 2.09. The molecule has 38 heavy (non-hydrogen) atoms. The molecule has 0 amide bonds. The average molecular weight is 501 g/mol. The Labute approximate surface area is 220 Å². The summed E-state index contributed by atoms with van der Waals surface area (Å²) in [5.74, 6) is 0.727. The Morgan fingerprint density at radius 3 is 2.42 bits per heavy atom. The first-order valence-electron chi connectivity index (χ1n) is 12.6. The Morgan fingerprint density at radius 1 is 0.789 bits per heavy atom. The van der Waals surface area contributed by atoms with E-state index in [0.29, 0.717) is 0 Å². The number of nitrogens with zero attached hydrogens (tertiary/aromatic N) is 5. The van der Waals surface area contributed by atoms with Crippen molar-refractivity contribution in [1.82, 2.24) is 24.9 Å². The van der Waals surface area contributed by atoms with Gasteiger partial charge in [0.2, 0.25) is 0 Å². The highest BCUT2D eigenvalue weighted by molar-refractivity contribution is 5.95. The molecule has 0 aliphatic rings. The molecule has 6 rings (SSSR count). The lowest BCUT2D eigenvalue weighted by molar-refractivity contribution is 0.969. The van der Waals surface area contributed by atoms with Crippen LogP contribution >= 0.6 is 0 Å². The summed E-state index contributed by atoms with van der Waals surface area (Å²) in [6.45, 7) is 5.05. The number of aromatic nitrogens is 5. The molecule has 6 aromatic rings. The van der Waals surface area contributed by atoms with Crippen LogP contribution in [0.5, 0.6) is 0 Å². The van der Waals surface area contributed by atoms with Gasteiger partial charge >= 0.3 is 0 Å². The van der Waals surface area contributed by atoms with Gasteiger partial charge in [-0.1, -0.05) is 0 Å². The molecular formula is C30H28N8. The Hall–Kier alpha value is -4.98. The largest absolute Gasteiger partial charge is 0.375 e. The topological polar surface area (TPSA) is 94.6 Å². The molecule has 0 bridgehead atoms. The molecule has 0 saturated heterocycles. The number of nitrogens with one attached hydrogen (secondary N) is 3. The van der Waals surface area contributed by atoms with Crippen LogP contribution in [-0.4, -0.2) is 38.5 Å². The maximum absolute atomic E-state index is 4.74. The molecule has 3 N–H and O–H groups in total. The van der Waals surface area contributed by atoms with Crippen molar-refractivity contribution in [2.24, 2.45) is 0 Å². The monoisotopic (exact) mass is 500 g/mol. The van der Waals surface area contributed by atoms with E-state index in [4.69, 9.17) is 4.98 Å². The van der Waals surface area contributed by atoms with Gasteiger partial charge in [-0.2, -0.15) is 0 Å². The van der Waals surface area contributed by atoms with Gasteiger partial charge < -0.3 is 20.5 Å². The third-order valence-corrected chi connectivity index (χ3v) is 6.59. The second-order valence-electron chi connectivity index (χ2n) is 9.26. The predicted molar refractivity (Wildman–Crippen MR) is 156 cm³/mol. The molecule has 0 radical (unpaired) electrons. The lowest BCUT2D eigenvalue weighted by Gasteiger charge is -2.18. The normalized spacial score (nSPS) is 11.1. The van der Waals surface area contributed by atoms with E-state index in [1.54, 1.807) is 6.20 Å². The minimum atomic E-state index is 0.727. The minimum absolute atomic E-state index is 0.727. The number of fused-ring (bicyclic) bond motifs is 2. The summed E-state index contributed by atoms with van der Waals surface area (Å²) >= 11 is 0. The molecule has 188 valence electrons. The van der Waals surface area contributed by atoms with Crippen LogP contribution in [0.2, 0.25) is 0 Å². The SMILES string of the molecule is CCN(C)c1ccc2nccc(Nc3ccc(-c4nc5ccc(Nc6ccnc(C)c6)cc5[nH]4)nc3)c2c1. The van der Waals surface area contributed by atoms with E-state index in [0.717, 1.165) is 74.1 Å². The van der Waals surface area contributed by atoms with Crippen LogP contribution in [0.1, 0.15) is 12.6 Å². The molecule has 2 aromatic carbocycles. The van der Waals surface area contributed by atoms with E-state index in [9.17, 15) is 0 Å². The van der Waals surface area contributed by atoms with Crippen molar-refractivity contribution in [2.45, 2.75) is 13.8 Å². The third-order valence-electron chi connectivity index (χ3n) is 6.59. The van der Waals surface area contributed by atoms with Crippen LogP contribution in [0.3, 0.4) is 0 Å². The van der Waals surface area contributed by atoms with Crippen molar-refractivity contribution in [2.75, 3.05) is 29.1 Å². The van der Waals surface area contributed by atoms with E-state index in [-0.39, 0.29) is 0 Å². The molecule has 0 unspecified atom stereocenters. The number of hydrogen-bond donors (Lipinski definition) is 3. The molecule has 0 fully saturated rings. The van der Waals surface area contributed by atoms with Crippen molar-refractivity contribution in [3.05, 3.63) is 91.0 Å². The molecule has 0 aliphatic heterocycles. The standard InChI is InChI=1S/C30H28N8/c1-4-38(3)23-7-10-25-24(17-23)26(12-14-32-25)35-22-6-9-28(33-18-22)30-36-27-8-5-20(16-29(27)37-30)34-21-11-13-31-19(2)15-21/h5-18H,4H2,1-3H3,(H,31,34)(H,32,35)(H,36,37). The summed E-state index contributed by atoms with van der Waals surface area (Å²) < 4.78 is 0. The second-order valence-corrected chi connectivity index (χ2v) is 9.26. The lowest BCUT2D eigenvalue weighted by atomic mass is 10.1. The summed E-state index contributed by atoms with van der Waals surface area (Å²) in [5, 5.41) is 8.00. The Morgan fingerprint density at radius 2 is 1.61 bits per heavy atom. The molecular weight excluding hydrogens is 472 g/mol. The zero-order chi connectivity index (χ0) is 26.1. The van der Waals surface area contributed by atoms with Crippen molar-refractivity contribution in [1.29, 1.82) is 0 Å².